The second-order valence-electron chi connectivity index (χ2n) is 4.12. The molecule has 82 valence electrons. The van der Waals surface area contributed by atoms with Crippen LogP contribution in [0.2, 0.25) is 0 Å². The Morgan fingerprint density at radius 1 is 0.688 bits per heavy atom. The van der Waals surface area contributed by atoms with Gasteiger partial charge in [0, 0.05) is 0 Å². The first-order valence-corrected chi connectivity index (χ1v) is 8.14. The number of rotatable bonds is 2. The molecule has 0 aromatic heterocycles. The minimum absolute atomic E-state index is 0.302. The van der Waals surface area contributed by atoms with Gasteiger partial charge in [0.25, 0.3) is 0 Å². The molecule has 0 N–H and O–H groups in total. The van der Waals surface area contributed by atoms with E-state index < -0.39 is 0 Å². The summed E-state index contributed by atoms with van der Waals surface area (Å²) in [6.45, 7) is 0. The van der Waals surface area contributed by atoms with Gasteiger partial charge in [0.2, 0.25) is 0 Å². The van der Waals surface area contributed by atoms with Crippen LogP contribution < -0.4 is 21.2 Å². The third-order valence-corrected chi connectivity index (χ3v) is 7.23. The van der Waals surface area contributed by atoms with E-state index in [0.717, 1.165) is 7.85 Å². The molecule has 0 bridgehead atoms. The number of hydrogen-bond donors (Lipinski definition) is 0. The standard InChI is InChI=1S/C15H14I/c1-3-7-12(8-4-1)14-11-15(16-14)13-9-5-2-6-10-13/h1-10,14-15H,11H2/q-1. The van der Waals surface area contributed by atoms with Crippen LogP contribution in [0.15, 0.2) is 60.7 Å². The molecular weight excluding hydrogens is 307 g/mol. The van der Waals surface area contributed by atoms with Crippen LogP contribution in [0.4, 0.5) is 0 Å². The average Bonchev–Trinajstić information content (AvgIpc) is 2.30. The van der Waals surface area contributed by atoms with E-state index in [1.165, 1.54) is 6.42 Å². The third-order valence-electron chi connectivity index (χ3n) is 3.04. The van der Waals surface area contributed by atoms with Gasteiger partial charge < -0.3 is 0 Å². The topological polar surface area (TPSA) is 0 Å². The maximum atomic E-state index is 2.28. The summed E-state index contributed by atoms with van der Waals surface area (Å²) in [5.74, 6) is 0. The molecule has 0 aliphatic carbocycles. The Bertz CT molecular complexity index is 400. The summed E-state index contributed by atoms with van der Waals surface area (Å²) in [4.78, 5) is 0. The van der Waals surface area contributed by atoms with Gasteiger partial charge in [-0.3, -0.25) is 0 Å². The first kappa shape index (κ1) is 10.3. The van der Waals surface area contributed by atoms with Gasteiger partial charge >= 0.3 is 107 Å². The molecule has 0 saturated carbocycles. The molecule has 2 atom stereocenters. The summed E-state index contributed by atoms with van der Waals surface area (Å²) in [5.41, 5.74) is 3.12. The molecule has 2 aromatic carbocycles. The number of alkyl halides is 2. The summed E-state index contributed by atoms with van der Waals surface area (Å²) in [5, 5.41) is 0. The van der Waals surface area contributed by atoms with Crippen LogP contribution in [0.3, 0.4) is 0 Å². The molecule has 0 spiro atoms. The zero-order valence-corrected chi connectivity index (χ0v) is 11.2. The number of halogens is 1. The van der Waals surface area contributed by atoms with Crippen LogP contribution >= 0.6 is 0 Å². The molecule has 1 aliphatic heterocycles. The Kier molecular flexibility index (Phi) is 2.96. The molecular formula is C15H14I-. The van der Waals surface area contributed by atoms with E-state index in [1.807, 2.05) is 0 Å². The van der Waals surface area contributed by atoms with E-state index in [9.17, 15) is 0 Å². The molecule has 2 aromatic rings. The summed E-state index contributed by atoms with van der Waals surface area (Å²) < 4.78 is 1.79. The van der Waals surface area contributed by atoms with Crippen LogP contribution in [0.25, 0.3) is 0 Å². The van der Waals surface area contributed by atoms with E-state index in [1.54, 1.807) is 11.1 Å². The Hall–Kier alpha value is -0.830. The second-order valence-corrected chi connectivity index (χ2v) is 7.84. The molecule has 1 saturated heterocycles. The first-order chi connectivity index (χ1) is 7.93. The number of benzene rings is 2. The molecule has 1 aliphatic rings. The molecule has 16 heavy (non-hydrogen) atoms. The number of hydrogen-bond acceptors (Lipinski definition) is 0. The van der Waals surface area contributed by atoms with E-state index in [4.69, 9.17) is 0 Å². The fraction of sp³-hybridized carbons (Fsp3) is 0.200. The van der Waals surface area contributed by atoms with E-state index >= 15 is 0 Å². The summed E-state index contributed by atoms with van der Waals surface area (Å²) in [7, 11) is 0. The van der Waals surface area contributed by atoms with Crippen LogP contribution in [-0.4, -0.2) is 0 Å². The minimum atomic E-state index is 0.302. The normalized spacial score (nSPS) is 24.2. The van der Waals surface area contributed by atoms with Crippen LogP contribution in [0, 0.1) is 0 Å². The fourth-order valence-corrected chi connectivity index (χ4v) is 5.47. The van der Waals surface area contributed by atoms with Crippen molar-refractivity contribution in [2.75, 3.05) is 0 Å². The van der Waals surface area contributed by atoms with E-state index in [-0.39, 0.29) is 0 Å². The van der Waals surface area contributed by atoms with E-state index in [0.29, 0.717) is 21.2 Å². The Labute approximate surface area is 107 Å². The van der Waals surface area contributed by atoms with E-state index in [2.05, 4.69) is 60.7 Å². The Morgan fingerprint density at radius 2 is 1.06 bits per heavy atom. The van der Waals surface area contributed by atoms with Crippen molar-refractivity contribution >= 4 is 0 Å². The first-order valence-electron chi connectivity index (χ1n) is 5.65. The molecule has 1 heteroatoms. The van der Waals surface area contributed by atoms with Crippen molar-refractivity contribution in [2.24, 2.45) is 0 Å². The van der Waals surface area contributed by atoms with Crippen molar-refractivity contribution in [3.63, 3.8) is 0 Å². The van der Waals surface area contributed by atoms with Gasteiger partial charge in [-0.25, -0.2) is 0 Å². The molecule has 3 rings (SSSR count). The Morgan fingerprint density at radius 3 is 1.44 bits per heavy atom. The predicted molar refractivity (Wildman–Crippen MR) is 63.0 cm³/mol. The van der Waals surface area contributed by atoms with Crippen molar-refractivity contribution in [3.8, 4) is 0 Å². The van der Waals surface area contributed by atoms with Crippen molar-refractivity contribution in [2.45, 2.75) is 14.3 Å². The van der Waals surface area contributed by atoms with Gasteiger partial charge in [-0.2, -0.15) is 0 Å². The monoisotopic (exact) mass is 321 g/mol. The van der Waals surface area contributed by atoms with Crippen molar-refractivity contribution in [1.29, 1.82) is 0 Å². The van der Waals surface area contributed by atoms with Crippen molar-refractivity contribution in [1.82, 2.24) is 0 Å². The zero-order valence-electron chi connectivity index (χ0n) is 9.01. The van der Waals surface area contributed by atoms with Crippen LogP contribution in [0.5, 0.6) is 0 Å². The quantitative estimate of drug-likeness (QED) is 0.571. The second kappa shape index (κ2) is 4.58. The third kappa shape index (κ3) is 2.01. The van der Waals surface area contributed by atoms with Gasteiger partial charge in [-0.15, -0.1) is 0 Å². The maximum absolute atomic E-state index is 2.28. The van der Waals surface area contributed by atoms with Gasteiger partial charge in [0.1, 0.15) is 0 Å². The molecule has 2 unspecified atom stereocenters. The summed E-state index contributed by atoms with van der Waals surface area (Å²) in [6.07, 6.45) is 1.36. The van der Waals surface area contributed by atoms with Crippen molar-refractivity contribution in [3.05, 3.63) is 71.8 Å². The van der Waals surface area contributed by atoms with Gasteiger partial charge in [-0.1, -0.05) is 0 Å². The fourth-order valence-electron chi connectivity index (χ4n) is 2.10. The molecule has 0 nitrogen and oxygen atoms in total. The summed E-state index contributed by atoms with van der Waals surface area (Å²) >= 11 is 0.302. The van der Waals surface area contributed by atoms with Crippen molar-refractivity contribution < 1.29 is 21.2 Å². The SMILES string of the molecule is c1ccc(C2CC(c3ccccc3)[I-]2)cc1. The molecule has 1 heterocycles. The van der Waals surface area contributed by atoms with Crippen LogP contribution in [0.1, 0.15) is 25.4 Å². The zero-order chi connectivity index (χ0) is 10.8. The van der Waals surface area contributed by atoms with Crippen LogP contribution in [-0.2, 0) is 0 Å². The van der Waals surface area contributed by atoms with Gasteiger partial charge in [-0.05, 0) is 0 Å². The average molecular weight is 321 g/mol. The van der Waals surface area contributed by atoms with Gasteiger partial charge in [0.05, 0.1) is 0 Å². The molecule has 1 fully saturated rings. The predicted octanol–water partition coefficient (Wildman–Crippen LogP) is 0.962. The molecule has 0 radical (unpaired) electrons. The Balaban J connectivity index is 1.68. The summed E-state index contributed by atoms with van der Waals surface area (Å²) in [6, 6.07) is 22.0. The van der Waals surface area contributed by atoms with Gasteiger partial charge in [0.15, 0.2) is 0 Å². The molecule has 0 amide bonds.